The van der Waals surface area contributed by atoms with Gasteiger partial charge in [-0.1, -0.05) is 0 Å². The van der Waals surface area contributed by atoms with Gasteiger partial charge in [0.2, 0.25) is 0 Å². The maximum atomic E-state index is 10.9. The molecule has 0 spiro atoms. The lowest BCUT2D eigenvalue weighted by Gasteiger charge is -2.29. The number of piperidine rings is 1. The molecule has 1 fully saturated rings. The summed E-state index contributed by atoms with van der Waals surface area (Å²) in [6, 6.07) is 5.02. The Morgan fingerprint density at radius 3 is 2.75 bits per heavy atom. The minimum absolute atomic E-state index is 0.00603. The Morgan fingerprint density at radius 2 is 2.15 bits per heavy atom. The first-order valence-corrected chi connectivity index (χ1v) is 6.86. The molecule has 0 unspecified atom stereocenters. The van der Waals surface area contributed by atoms with Gasteiger partial charge in [0, 0.05) is 31.4 Å². The number of nitro groups is 1. The standard InChI is InChI=1S/C14H21N3O3/c1-16(10-11-5-7-15-8-6-11)12-3-4-13(17(18)19)14(9-12)20-2/h3-4,9,11,15H,5-8,10H2,1-2H3. The van der Waals surface area contributed by atoms with Crippen molar-refractivity contribution in [3.63, 3.8) is 0 Å². The summed E-state index contributed by atoms with van der Waals surface area (Å²) in [7, 11) is 3.47. The largest absolute Gasteiger partial charge is 0.490 e. The maximum absolute atomic E-state index is 10.9. The first-order chi connectivity index (χ1) is 9.61. The molecule has 0 amide bonds. The number of hydrogen-bond acceptors (Lipinski definition) is 5. The van der Waals surface area contributed by atoms with Crippen molar-refractivity contribution in [2.45, 2.75) is 12.8 Å². The number of benzene rings is 1. The third kappa shape index (κ3) is 3.39. The van der Waals surface area contributed by atoms with Crippen LogP contribution in [-0.4, -0.2) is 38.7 Å². The van der Waals surface area contributed by atoms with Crippen LogP contribution in [0.5, 0.6) is 5.75 Å². The van der Waals surface area contributed by atoms with Gasteiger partial charge in [-0.15, -0.1) is 0 Å². The number of methoxy groups -OCH3 is 1. The summed E-state index contributed by atoms with van der Waals surface area (Å²) in [4.78, 5) is 12.6. The molecule has 0 aliphatic carbocycles. The minimum atomic E-state index is -0.421. The van der Waals surface area contributed by atoms with E-state index in [1.807, 2.05) is 7.05 Å². The summed E-state index contributed by atoms with van der Waals surface area (Å²) in [5.41, 5.74) is 0.956. The Balaban J connectivity index is 2.09. The van der Waals surface area contributed by atoms with E-state index in [0.29, 0.717) is 11.7 Å². The highest BCUT2D eigenvalue weighted by molar-refractivity contribution is 5.59. The topological polar surface area (TPSA) is 67.6 Å². The number of hydrogen-bond donors (Lipinski definition) is 1. The van der Waals surface area contributed by atoms with Crippen molar-refractivity contribution in [1.82, 2.24) is 5.32 Å². The van der Waals surface area contributed by atoms with E-state index in [1.54, 1.807) is 12.1 Å². The van der Waals surface area contributed by atoms with Crippen LogP contribution in [-0.2, 0) is 0 Å². The lowest BCUT2D eigenvalue weighted by Crippen LogP contribution is -2.34. The third-order valence-electron chi connectivity index (χ3n) is 3.79. The van der Waals surface area contributed by atoms with Crippen molar-refractivity contribution in [3.05, 3.63) is 28.3 Å². The zero-order valence-corrected chi connectivity index (χ0v) is 12.0. The van der Waals surface area contributed by atoms with E-state index in [-0.39, 0.29) is 5.69 Å². The highest BCUT2D eigenvalue weighted by Gasteiger charge is 2.18. The molecule has 0 atom stereocenters. The summed E-state index contributed by atoms with van der Waals surface area (Å²) in [6.07, 6.45) is 2.35. The highest BCUT2D eigenvalue weighted by atomic mass is 16.6. The molecule has 2 rings (SSSR count). The fraction of sp³-hybridized carbons (Fsp3) is 0.571. The van der Waals surface area contributed by atoms with E-state index in [1.165, 1.54) is 26.0 Å². The second kappa shape index (κ2) is 6.56. The molecule has 1 aromatic rings. The van der Waals surface area contributed by atoms with Gasteiger partial charge in [-0.2, -0.15) is 0 Å². The molecule has 1 saturated heterocycles. The van der Waals surface area contributed by atoms with Crippen molar-refractivity contribution in [3.8, 4) is 5.75 Å². The molecule has 1 heterocycles. The molecule has 0 saturated carbocycles. The van der Waals surface area contributed by atoms with Crippen molar-refractivity contribution in [1.29, 1.82) is 0 Å². The monoisotopic (exact) mass is 279 g/mol. The van der Waals surface area contributed by atoms with E-state index in [2.05, 4.69) is 10.2 Å². The Labute approximate surface area is 118 Å². The van der Waals surface area contributed by atoms with Crippen molar-refractivity contribution in [2.75, 3.05) is 38.7 Å². The van der Waals surface area contributed by atoms with Gasteiger partial charge in [0.15, 0.2) is 5.75 Å². The summed E-state index contributed by atoms with van der Waals surface area (Å²) in [5, 5.41) is 14.2. The van der Waals surface area contributed by atoms with Gasteiger partial charge in [0.1, 0.15) is 0 Å². The lowest BCUT2D eigenvalue weighted by molar-refractivity contribution is -0.385. The number of ether oxygens (including phenoxy) is 1. The molecule has 1 N–H and O–H groups in total. The zero-order chi connectivity index (χ0) is 14.5. The molecular formula is C14H21N3O3. The average molecular weight is 279 g/mol. The van der Waals surface area contributed by atoms with Gasteiger partial charge in [-0.25, -0.2) is 0 Å². The van der Waals surface area contributed by atoms with Crippen LogP contribution in [0.4, 0.5) is 11.4 Å². The van der Waals surface area contributed by atoms with Gasteiger partial charge in [0.05, 0.1) is 12.0 Å². The quantitative estimate of drug-likeness (QED) is 0.660. The van der Waals surface area contributed by atoms with E-state index in [9.17, 15) is 10.1 Å². The number of anilines is 1. The Morgan fingerprint density at radius 1 is 1.45 bits per heavy atom. The fourth-order valence-corrected chi connectivity index (χ4v) is 2.61. The first kappa shape index (κ1) is 14.6. The number of nitro benzene ring substituents is 1. The molecule has 1 aliphatic heterocycles. The Bertz CT molecular complexity index is 473. The van der Waals surface area contributed by atoms with Crippen LogP contribution in [0.2, 0.25) is 0 Å². The SMILES string of the molecule is COc1cc(N(C)CC2CCNCC2)ccc1[N+](=O)[O-]. The number of rotatable bonds is 5. The minimum Gasteiger partial charge on any atom is -0.490 e. The smallest absolute Gasteiger partial charge is 0.311 e. The molecule has 6 nitrogen and oxygen atoms in total. The van der Waals surface area contributed by atoms with E-state index >= 15 is 0 Å². The van der Waals surface area contributed by atoms with Crippen LogP contribution in [0.25, 0.3) is 0 Å². The van der Waals surface area contributed by atoms with Gasteiger partial charge >= 0.3 is 5.69 Å². The fourth-order valence-electron chi connectivity index (χ4n) is 2.61. The van der Waals surface area contributed by atoms with Crippen LogP contribution in [0.3, 0.4) is 0 Å². The molecule has 20 heavy (non-hydrogen) atoms. The van der Waals surface area contributed by atoms with E-state index in [0.717, 1.165) is 25.3 Å². The van der Waals surface area contributed by atoms with Gasteiger partial charge in [-0.05, 0) is 37.9 Å². The average Bonchev–Trinajstić information content (AvgIpc) is 2.47. The van der Waals surface area contributed by atoms with Crippen LogP contribution < -0.4 is 15.0 Å². The van der Waals surface area contributed by atoms with Gasteiger partial charge in [-0.3, -0.25) is 10.1 Å². The molecule has 110 valence electrons. The van der Waals surface area contributed by atoms with Crippen molar-refractivity contribution < 1.29 is 9.66 Å². The molecule has 6 heteroatoms. The third-order valence-corrected chi connectivity index (χ3v) is 3.79. The summed E-state index contributed by atoms with van der Waals surface area (Å²) in [5.74, 6) is 0.979. The predicted molar refractivity (Wildman–Crippen MR) is 78.5 cm³/mol. The summed E-state index contributed by atoms with van der Waals surface area (Å²) in [6.45, 7) is 3.10. The zero-order valence-electron chi connectivity index (χ0n) is 12.0. The predicted octanol–water partition coefficient (Wildman–Crippen LogP) is 2.04. The Kier molecular flexibility index (Phi) is 4.79. The van der Waals surface area contributed by atoms with E-state index < -0.39 is 4.92 Å². The number of nitrogens with zero attached hydrogens (tertiary/aromatic N) is 2. The second-order valence-electron chi connectivity index (χ2n) is 5.19. The van der Waals surface area contributed by atoms with Crippen LogP contribution in [0.15, 0.2) is 18.2 Å². The molecular weight excluding hydrogens is 258 g/mol. The molecule has 1 aliphatic rings. The summed E-state index contributed by atoms with van der Waals surface area (Å²) >= 11 is 0. The molecule has 0 aromatic heterocycles. The van der Waals surface area contributed by atoms with Gasteiger partial charge in [0.25, 0.3) is 0 Å². The summed E-state index contributed by atoms with van der Waals surface area (Å²) < 4.78 is 5.11. The van der Waals surface area contributed by atoms with Gasteiger partial charge < -0.3 is 15.0 Å². The molecule has 0 bridgehead atoms. The normalized spacial score (nSPS) is 15.9. The van der Waals surface area contributed by atoms with E-state index in [4.69, 9.17) is 4.74 Å². The molecule has 0 radical (unpaired) electrons. The highest BCUT2D eigenvalue weighted by Crippen LogP contribution is 2.31. The van der Waals surface area contributed by atoms with Crippen LogP contribution in [0, 0.1) is 16.0 Å². The Hall–Kier alpha value is -1.82. The van der Waals surface area contributed by atoms with Crippen molar-refractivity contribution in [2.24, 2.45) is 5.92 Å². The van der Waals surface area contributed by atoms with Crippen molar-refractivity contribution >= 4 is 11.4 Å². The van der Waals surface area contributed by atoms with Crippen LogP contribution in [0.1, 0.15) is 12.8 Å². The second-order valence-corrected chi connectivity index (χ2v) is 5.19. The van der Waals surface area contributed by atoms with Crippen LogP contribution >= 0.6 is 0 Å². The first-order valence-electron chi connectivity index (χ1n) is 6.86. The maximum Gasteiger partial charge on any atom is 0.311 e. The molecule has 1 aromatic carbocycles. The lowest BCUT2D eigenvalue weighted by atomic mass is 9.97. The number of nitrogens with one attached hydrogen (secondary N) is 1.